The molecule has 2 saturated carbocycles. The molecule has 0 aromatic carbocycles. The van der Waals surface area contributed by atoms with Gasteiger partial charge in [-0.25, -0.2) is 0 Å². The topological polar surface area (TPSA) is 17.1 Å². The maximum Gasteiger partial charge on any atom is 0.159 e. The van der Waals surface area contributed by atoms with Gasteiger partial charge >= 0.3 is 0 Å². The van der Waals surface area contributed by atoms with Crippen LogP contribution in [0.3, 0.4) is 0 Å². The van der Waals surface area contributed by atoms with E-state index in [4.69, 9.17) is 0 Å². The summed E-state index contributed by atoms with van der Waals surface area (Å²) in [7, 11) is 0. The van der Waals surface area contributed by atoms with Crippen LogP contribution in [0.1, 0.15) is 47.0 Å². The minimum absolute atomic E-state index is 0.300. The van der Waals surface area contributed by atoms with Crippen LogP contribution in [0.5, 0.6) is 0 Å². The number of ketones is 1. The van der Waals surface area contributed by atoms with Gasteiger partial charge in [0.05, 0.1) is 0 Å². The standard InChI is InChI=1S/C15H22O/c1-9-8-10(16)12-13-11(9)15(12,4)7-5-6-14(13,2)3/h8,11-13H,5-7H2,1-4H3. The summed E-state index contributed by atoms with van der Waals surface area (Å²) in [5.41, 5.74) is 2.01. The van der Waals surface area contributed by atoms with Gasteiger partial charge < -0.3 is 0 Å². The van der Waals surface area contributed by atoms with Gasteiger partial charge in [-0.05, 0) is 48.5 Å². The van der Waals surface area contributed by atoms with Gasteiger partial charge in [-0.1, -0.05) is 32.8 Å². The fourth-order valence-electron chi connectivity index (χ4n) is 5.10. The molecule has 4 atom stereocenters. The van der Waals surface area contributed by atoms with E-state index in [1.54, 1.807) is 0 Å². The average molecular weight is 218 g/mol. The lowest BCUT2D eigenvalue weighted by molar-refractivity contribution is -0.164. The predicted octanol–water partition coefficient (Wildman–Crippen LogP) is 3.59. The molecule has 4 unspecified atom stereocenters. The summed E-state index contributed by atoms with van der Waals surface area (Å²) < 4.78 is 0. The molecule has 0 N–H and O–H groups in total. The van der Waals surface area contributed by atoms with Crippen molar-refractivity contribution in [3.63, 3.8) is 0 Å². The smallest absolute Gasteiger partial charge is 0.159 e. The number of rotatable bonds is 0. The Kier molecular flexibility index (Phi) is 1.85. The Hall–Kier alpha value is -0.590. The first kappa shape index (κ1) is 10.6. The Bertz CT molecular complexity index is 390. The van der Waals surface area contributed by atoms with Gasteiger partial charge in [-0.2, -0.15) is 0 Å². The molecule has 0 heterocycles. The molecular formula is C15H22O. The molecular weight excluding hydrogens is 196 g/mol. The highest BCUT2D eigenvalue weighted by Crippen LogP contribution is 2.71. The fraction of sp³-hybridized carbons (Fsp3) is 0.800. The second-order valence-electron chi connectivity index (χ2n) is 7.12. The zero-order valence-electron chi connectivity index (χ0n) is 10.8. The summed E-state index contributed by atoms with van der Waals surface area (Å²) >= 11 is 0. The van der Waals surface area contributed by atoms with Crippen LogP contribution in [-0.4, -0.2) is 5.78 Å². The molecule has 0 spiro atoms. The number of hydrogen-bond acceptors (Lipinski definition) is 1. The van der Waals surface area contributed by atoms with Crippen LogP contribution in [0, 0.1) is 28.6 Å². The van der Waals surface area contributed by atoms with Crippen LogP contribution in [0.2, 0.25) is 0 Å². The summed E-state index contributed by atoms with van der Waals surface area (Å²) in [5.74, 6) is 2.06. The third-order valence-electron chi connectivity index (χ3n) is 5.75. The van der Waals surface area contributed by atoms with Gasteiger partial charge in [-0.15, -0.1) is 0 Å². The van der Waals surface area contributed by atoms with Crippen molar-refractivity contribution in [2.24, 2.45) is 28.6 Å². The van der Waals surface area contributed by atoms with Crippen molar-refractivity contribution in [2.75, 3.05) is 0 Å². The second-order valence-corrected chi connectivity index (χ2v) is 7.12. The molecule has 88 valence electrons. The highest BCUT2D eigenvalue weighted by Gasteiger charge is 2.67. The van der Waals surface area contributed by atoms with Crippen molar-refractivity contribution in [3.8, 4) is 0 Å². The highest BCUT2D eigenvalue weighted by molar-refractivity contribution is 5.96. The molecule has 0 saturated heterocycles. The van der Waals surface area contributed by atoms with Crippen LogP contribution in [0.4, 0.5) is 0 Å². The van der Waals surface area contributed by atoms with Crippen LogP contribution >= 0.6 is 0 Å². The van der Waals surface area contributed by atoms with Crippen molar-refractivity contribution in [2.45, 2.75) is 47.0 Å². The zero-order valence-corrected chi connectivity index (χ0v) is 10.8. The number of allylic oxidation sites excluding steroid dienone is 2. The van der Waals surface area contributed by atoms with Crippen LogP contribution in [0.15, 0.2) is 11.6 Å². The minimum atomic E-state index is 0.300. The first-order valence-corrected chi connectivity index (χ1v) is 6.60. The van der Waals surface area contributed by atoms with Gasteiger partial charge in [0.15, 0.2) is 5.78 Å². The molecule has 2 fully saturated rings. The van der Waals surface area contributed by atoms with Gasteiger partial charge in [0.2, 0.25) is 0 Å². The van der Waals surface area contributed by atoms with Crippen molar-refractivity contribution in [3.05, 3.63) is 11.6 Å². The Morgan fingerprint density at radius 2 is 1.88 bits per heavy atom. The van der Waals surface area contributed by atoms with E-state index in [-0.39, 0.29) is 0 Å². The van der Waals surface area contributed by atoms with Crippen molar-refractivity contribution in [1.29, 1.82) is 0 Å². The molecule has 0 amide bonds. The summed E-state index contributed by atoms with van der Waals surface area (Å²) in [6.45, 7) is 9.27. The summed E-state index contributed by atoms with van der Waals surface area (Å²) in [6, 6.07) is 0. The molecule has 4 rings (SSSR count). The summed E-state index contributed by atoms with van der Waals surface area (Å²) in [4.78, 5) is 12.2. The van der Waals surface area contributed by atoms with Crippen molar-refractivity contribution < 1.29 is 4.79 Å². The number of fused-ring (bicyclic) bond motifs is 1. The van der Waals surface area contributed by atoms with Crippen LogP contribution < -0.4 is 0 Å². The maximum atomic E-state index is 12.2. The molecule has 0 aromatic heterocycles. The van der Waals surface area contributed by atoms with E-state index >= 15 is 0 Å². The van der Waals surface area contributed by atoms with Gasteiger partial charge in [0, 0.05) is 5.92 Å². The number of carbonyl (C=O) groups excluding carboxylic acids is 1. The lowest BCUT2D eigenvalue weighted by Crippen LogP contribution is -2.63. The first-order valence-electron chi connectivity index (χ1n) is 6.60. The highest BCUT2D eigenvalue weighted by atomic mass is 16.1. The average Bonchev–Trinajstić information content (AvgIpc) is 2.28. The van der Waals surface area contributed by atoms with E-state index in [0.717, 1.165) is 0 Å². The quantitative estimate of drug-likeness (QED) is 0.607. The summed E-state index contributed by atoms with van der Waals surface area (Å²) in [6.07, 6.45) is 5.77. The van der Waals surface area contributed by atoms with E-state index in [9.17, 15) is 4.79 Å². The van der Waals surface area contributed by atoms with E-state index < -0.39 is 0 Å². The van der Waals surface area contributed by atoms with E-state index in [1.165, 1.54) is 24.8 Å². The molecule has 1 heteroatoms. The Morgan fingerprint density at radius 3 is 2.50 bits per heavy atom. The number of carbonyl (C=O) groups is 1. The zero-order chi connectivity index (χ0) is 11.7. The minimum Gasteiger partial charge on any atom is -0.295 e. The van der Waals surface area contributed by atoms with E-state index in [1.807, 2.05) is 6.08 Å². The molecule has 16 heavy (non-hydrogen) atoms. The fourth-order valence-corrected chi connectivity index (χ4v) is 5.10. The normalized spacial score (nSPS) is 49.1. The molecule has 0 aromatic rings. The van der Waals surface area contributed by atoms with Crippen molar-refractivity contribution >= 4 is 5.78 Å². The van der Waals surface area contributed by atoms with Gasteiger partial charge in [0.25, 0.3) is 0 Å². The predicted molar refractivity (Wildman–Crippen MR) is 65.0 cm³/mol. The molecule has 1 nitrogen and oxygen atoms in total. The molecule has 4 bridgehead atoms. The molecule has 4 aliphatic rings. The lowest BCUT2D eigenvalue weighted by atomic mass is 9.38. The lowest BCUT2D eigenvalue weighted by Gasteiger charge is -2.64. The van der Waals surface area contributed by atoms with Crippen molar-refractivity contribution in [1.82, 2.24) is 0 Å². The van der Waals surface area contributed by atoms with E-state index in [0.29, 0.717) is 34.4 Å². The Morgan fingerprint density at radius 1 is 1.19 bits per heavy atom. The Balaban J connectivity index is 2.13. The van der Waals surface area contributed by atoms with E-state index in [2.05, 4.69) is 27.7 Å². The first-order chi connectivity index (χ1) is 7.38. The monoisotopic (exact) mass is 218 g/mol. The second kappa shape index (κ2) is 2.80. The summed E-state index contributed by atoms with van der Waals surface area (Å²) in [5, 5.41) is 0. The Labute approximate surface area is 98.3 Å². The van der Waals surface area contributed by atoms with Crippen LogP contribution in [-0.2, 0) is 4.79 Å². The molecule has 0 aliphatic heterocycles. The third-order valence-corrected chi connectivity index (χ3v) is 5.75. The maximum absolute atomic E-state index is 12.2. The SMILES string of the molecule is CC1=CC(=O)C2C3C1C2(C)CCCC3(C)C. The van der Waals surface area contributed by atoms with Gasteiger partial charge in [0.1, 0.15) is 0 Å². The number of hydrogen-bond donors (Lipinski definition) is 0. The largest absolute Gasteiger partial charge is 0.295 e. The van der Waals surface area contributed by atoms with Gasteiger partial charge in [-0.3, -0.25) is 4.79 Å². The molecule has 0 radical (unpaired) electrons. The third kappa shape index (κ3) is 1.00. The molecule has 4 aliphatic carbocycles. The van der Waals surface area contributed by atoms with Crippen LogP contribution in [0.25, 0.3) is 0 Å².